The number of hydrogen-bond donors (Lipinski definition) is 2. The summed E-state index contributed by atoms with van der Waals surface area (Å²) in [7, 11) is 10.2. The van der Waals surface area contributed by atoms with Crippen molar-refractivity contribution in [2.45, 2.75) is 26.9 Å². The zero-order chi connectivity index (χ0) is 59.1. The molecular formula is C49H47Br7ClF2N7O12. The van der Waals surface area contributed by atoms with Gasteiger partial charge in [-0.3, -0.25) is 4.79 Å². The molecule has 19 nitrogen and oxygen atoms in total. The Balaban J connectivity index is 0.000000456. The molecule has 78 heavy (non-hydrogen) atoms. The predicted molar refractivity (Wildman–Crippen MR) is 312 cm³/mol. The minimum Gasteiger partial charge on any atom is -0.480 e. The van der Waals surface area contributed by atoms with E-state index >= 15 is 0 Å². The van der Waals surface area contributed by atoms with Gasteiger partial charge in [0.15, 0.2) is 17.7 Å². The molecule has 0 bridgehead atoms. The van der Waals surface area contributed by atoms with Gasteiger partial charge in [-0.15, -0.1) is 0 Å². The molecule has 0 saturated heterocycles. The molecule has 0 unspecified atom stereocenters. The highest BCUT2D eigenvalue weighted by molar-refractivity contribution is 9.11. The number of aromatic nitrogens is 7. The lowest BCUT2D eigenvalue weighted by Crippen LogP contribution is -2.05. The third kappa shape index (κ3) is 25.8. The highest BCUT2D eigenvalue weighted by atomic mass is 79.9. The number of carbonyl (C=O) groups is 3. The summed E-state index contributed by atoms with van der Waals surface area (Å²) in [4.78, 5) is 58.9. The van der Waals surface area contributed by atoms with Gasteiger partial charge in [0.2, 0.25) is 35.3 Å². The van der Waals surface area contributed by atoms with E-state index in [9.17, 15) is 23.2 Å². The molecule has 0 fully saturated rings. The first kappa shape index (κ1) is 70.9. The maximum absolute atomic E-state index is 12.1. The van der Waals surface area contributed by atoms with Gasteiger partial charge in [0.25, 0.3) is 6.43 Å². The number of methoxy groups -OCH3 is 7. The number of halogens is 10. The van der Waals surface area contributed by atoms with E-state index < -0.39 is 18.4 Å². The molecule has 0 aliphatic rings. The summed E-state index contributed by atoms with van der Waals surface area (Å²) in [6, 6.07) is 23.4. The van der Waals surface area contributed by atoms with Gasteiger partial charge in [-0.05, 0) is 210 Å². The van der Waals surface area contributed by atoms with Crippen molar-refractivity contribution in [3.05, 3.63) is 161 Å². The van der Waals surface area contributed by atoms with Crippen LogP contribution in [-0.4, -0.2) is 113 Å². The second-order valence-electron chi connectivity index (χ2n) is 13.7. The van der Waals surface area contributed by atoms with Crippen LogP contribution in [0.3, 0.4) is 0 Å². The van der Waals surface area contributed by atoms with Crippen LogP contribution in [0.4, 0.5) is 8.78 Å². The van der Waals surface area contributed by atoms with E-state index in [4.69, 9.17) is 50.2 Å². The maximum atomic E-state index is 12.1. The molecule has 29 heteroatoms. The van der Waals surface area contributed by atoms with Crippen molar-refractivity contribution in [1.29, 1.82) is 0 Å². The molecule has 0 saturated carbocycles. The van der Waals surface area contributed by atoms with Crippen molar-refractivity contribution in [3.8, 4) is 35.3 Å². The summed E-state index contributed by atoms with van der Waals surface area (Å²) in [5.74, 6) is 0.823. The van der Waals surface area contributed by atoms with Gasteiger partial charge in [-0.25, -0.2) is 53.3 Å². The van der Waals surface area contributed by atoms with E-state index in [0.29, 0.717) is 59.8 Å². The first-order valence-electron chi connectivity index (χ1n) is 21.1. The maximum Gasteiger partial charge on any atom is 0.356 e. The fourth-order valence-electron chi connectivity index (χ4n) is 4.68. The Morgan fingerprint density at radius 2 is 0.885 bits per heavy atom. The van der Waals surface area contributed by atoms with E-state index in [-0.39, 0.29) is 35.4 Å². The molecule has 0 atom stereocenters. The largest absolute Gasteiger partial charge is 0.480 e. The first-order valence-corrected chi connectivity index (χ1v) is 27.0. The van der Waals surface area contributed by atoms with Gasteiger partial charge in [-0.1, -0.05) is 11.6 Å². The Labute approximate surface area is 511 Å². The number of aliphatic hydroxyl groups is 1. The SMILES string of the molecule is COC(=O)c1ccc(Br)c(OC)n1.COc1nc(C(=O)O)ccc1Br.COc1nc(C(F)F)ccc1Br.COc1nc(C)ccc1Br.COc1nc(C=O)ccc1Br.COc1nc(CO)ccc1Br.Cc1ccc(Br)c(Cl)n1. The molecule has 0 radical (unpaired) electrons. The lowest BCUT2D eigenvalue weighted by Gasteiger charge is -2.03. The van der Waals surface area contributed by atoms with E-state index in [2.05, 4.69) is 151 Å². The molecule has 0 aromatic carbocycles. The predicted octanol–water partition coefficient (Wildman–Crippen LogP) is 14.0. The average Bonchev–Trinajstić information content (AvgIpc) is 3.44. The number of carboxylic acid groups (broad SMARTS) is 1. The zero-order valence-corrected chi connectivity index (χ0v) is 54.2. The summed E-state index contributed by atoms with van der Waals surface area (Å²) in [5, 5.41) is 17.8. The fourth-order valence-corrected chi connectivity index (χ4v) is 7.39. The number of aryl methyl sites for hydroxylation is 2. The third-order valence-electron chi connectivity index (χ3n) is 8.35. The van der Waals surface area contributed by atoms with Crippen molar-refractivity contribution in [2.75, 3.05) is 49.8 Å². The normalized spacial score (nSPS) is 9.65. The van der Waals surface area contributed by atoms with Crippen LogP contribution in [0.2, 0.25) is 5.15 Å². The lowest BCUT2D eigenvalue weighted by atomic mass is 10.3. The molecule has 7 heterocycles. The Morgan fingerprint density at radius 3 is 1.29 bits per heavy atom. The van der Waals surface area contributed by atoms with Crippen LogP contribution in [0, 0.1) is 13.8 Å². The second-order valence-corrected chi connectivity index (χ2v) is 20.0. The molecule has 0 amide bonds. The van der Waals surface area contributed by atoms with Gasteiger partial charge in [0.05, 0.1) is 93.4 Å². The number of aliphatic hydroxyl groups excluding tert-OH is 1. The second kappa shape index (κ2) is 38.5. The van der Waals surface area contributed by atoms with E-state index in [1.165, 1.54) is 60.9 Å². The van der Waals surface area contributed by atoms with Gasteiger partial charge in [0, 0.05) is 11.4 Å². The highest BCUT2D eigenvalue weighted by Gasteiger charge is 2.13. The smallest absolute Gasteiger partial charge is 0.356 e. The number of esters is 1. The van der Waals surface area contributed by atoms with Crippen LogP contribution in [-0.2, 0) is 11.3 Å². The summed E-state index contributed by atoms with van der Waals surface area (Å²) in [6.45, 7) is 3.76. The number of carbonyl (C=O) groups excluding carboxylic acids is 2. The Kier molecular flexibility index (Phi) is 35.0. The number of rotatable bonds is 11. The molecule has 0 aliphatic carbocycles. The number of ether oxygens (including phenoxy) is 7. The number of carboxylic acids is 1. The summed E-state index contributed by atoms with van der Waals surface area (Å²) < 4.78 is 63.1. The van der Waals surface area contributed by atoms with Crippen molar-refractivity contribution in [2.24, 2.45) is 0 Å². The standard InChI is InChI=1S/C8H8BrNO3.C7H6BrF2NO.C7H6BrNO3.C7H8BrNO2.C7H6BrNO2.C7H8BrNO.C6H5BrClN/c1-12-7-5(9)3-4-6(10-7)8(11)13-2;1-12-7-4(8)2-3-5(11-7)6(9)10;1-12-6-4(8)2-3-5(9-6)7(10)11;2*1-11-7-6(8)3-2-5(4-10)9-7;1-5-3-4-6(8)7(9-5)10-2;1-4-2-3-5(7)6(8)9-4/h3-4H,1-2H3;2-3,6H,1H3;2-3H,1H3,(H,10,11);2-3,10H,4H2,1H3;2-4H,1H3;3-4H,1-2H3;2-3H,1H3. The monoisotopic (exact) mass is 1550 g/mol. The number of aldehydes is 1. The zero-order valence-electron chi connectivity index (χ0n) is 42.3. The van der Waals surface area contributed by atoms with E-state index in [1.54, 1.807) is 49.6 Å². The average molecular weight is 1560 g/mol. The number of aromatic carboxylic acids is 1. The Morgan fingerprint density at radius 1 is 0.513 bits per heavy atom. The molecule has 0 spiro atoms. The van der Waals surface area contributed by atoms with E-state index in [0.717, 1.165) is 29.3 Å². The fraction of sp³-hybridized carbons (Fsp3) is 0.224. The van der Waals surface area contributed by atoms with Crippen LogP contribution in [0.5, 0.6) is 35.3 Å². The topological polar surface area (TPSA) is 247 Å². The number of nitrogens with zero attached hydrogens (tertiary/aromatic N) is 7. The molecule has 7 aromatic heterocycles. The number of pyridine rings is 7. The minimum absolute atomic E-state index is 0.0324. The Hall–Kier alpha value is -5.07. The van der Waals surface area contributed by atoms with Gasteiger partial charge in [-0.2, -0.15) is 0 Å². The minimum atomic E-state index is -2.56. The quantitative estimate of drug-likeness (QED) is 0.0694. The van der Waals surface area contributed by atoms with Crippen molar-refractivity contribution >= 4 is 141 Å². The molecule has 0 aliphatic heterocycles. The third-order valence-corrected chi connectivity index (χ3v) is 13.1. The van der Waals surface area contributed by atoms with Gasteiger partial charge in [0.1, 0.15) is 16.5 Å². The Bertz CT molecular complexity index is 3040. The summed E-state index contributed by atoms with van der Waals surface area (Å²) in [6.07, 6.45) is -1.89. The van der Waals surface area contributed by atoms with E-state index in [1.807, 2.05) is 38.1 Å². The molecule has 7 rings (SSSR count). The van der Waals surface area contributed by atoms with Gasteiger partial charge < -0.3 is 43.4 Å². The van der Waals surface area contributed by atoms with Crippen molar-refractivity contribution in [1.82, 2.24) is 34.9 Å². The first-order chi connectivity index (χ1) is 37.0. The molecule has 420 valence electrons. The van der Waals surface area contributed by atoms with Gasteiger partial charge >= 0.3 is 11.9 Å². The van der Waals surface area contributed by atoms with Crippen LogP contribution in [0.25, 0.3) is 0 Å². The molecular weight excluding hydrogens is 1510 g/mol. The number of hydrogen-bond acceptors (Lipinski definition) is 18. The van der Waals surface area contributed by atoms with Crippen molar-refractivity contribution < 1.29 is 66.5 Å². The number of alkyl halides is 2. The van der Waals surface area contributed by atoms with Crippen LogP contribution < -0.4 is 28.4 Å². The van der Waals surface area contributed by atoms with Crippen LogP contribution >= 0.6 is 123 Å². The molecule has 2 N–H and O–H groups in total. The van der Waals surface area contributed by atoms with Crippen molar-refractivity contribution in [3.63, 3.8) is 0 Å². The summed E-state index contributed by atoms with van der Waals surface area (Å²) in [5.41, 5.74) is 2.77. The molecule has 7 aromatic rings. The summed E-state index contributed by atoms with van der Waals surface area (Å²) >= 11 is 28.1. The van der Waals surface area contributed by atoms with Crippen LogP contribution in [0.1, 0.15) is 60.7 Å². The highest BCUT2D eigenvalue weighted by Crippen LogP contribution is 2.28. The van der Waals surface area contributed by atoms with Crippen LogP contribution in [0.15, 0.2) is 116 Å². The lowest BCUT2D eigenvalue weighted by molar-refractivity contribution is 0.0592.